The number of hydrogen-bond donors (Lipinski definition) is 2. The number of fused-ring (bicyclic) bond motifs is 1. The molecule has 1 aromatic carbocycles. The monoisotopic (exact) mass is 286 g/mol. The molecule has 110 valence electrons. The van der Waals surface area contributed by atoms with Crippen molar-refractivity contribution in [1.82, 2.24) is 10.6 Å². The van der Waals surface area contributed by atoms with E-state index in [9.17, 15) is 9.59 Å². The Morgan fingerprint density at radius 1 is 1.38 bits per heavy atom. The number of piperidine rings is 1. The molecule has 5 nitrogen and oxygen atoms in total. The highest BCUT2D eigenvalue weighted by Crippen LogP contribution is 2.13. The largest absolute Gasteiger partial charge is 0.451 e. The Labute approximate surface area is 122 Å². The lowest BCUT2D eigenvalue weighted by atomic mass is 10.00. The predicted molar refractivity (Wildman–Crippen MR) is 80.4 cm³/mol. The Balaban J connectivity index is 1.86. The van der Waals surface area contributed by atoms with Gasteiger partial charge in [0.2, 0.25) is 0 Å². The lowest BCUT2D eigenvalue weighted by Crippen LogP contribution is -2.51. The molecule has 2 N–H and O–H groups in total. The Hall–Kier alpha value is -2.14. The van der Waals surface area contributed by atoms with Crippen molar-refractivity contribution >= 4 is 16.9 Å². The van der Waals surface area contributed by atoms with Gasteiger partial charge in [-0.1, -0.05) is 12.1 Å². The van der Waals surface area contributed by atoms with Gasteiger partial charge in [0.1, 0.15) is 5.58 Å². The van der Waals surface area contributed by atoms with Crippen molar-refractivity contribution in [3.8, 4) is 0 Å². The second kappa shape index (κ2) is 5.69. The van der Waals surface area contributed by atoms with Crippen LogP contribution in [-0.2, 0) is 0 Å². The maximum Gasteiger partial charge on any atom is 0.287 e. The van der Waals surface area contributed by atoms with Crippen LogP contribution in [0.4, 0.5) is 0 Å². The Morgan fingerprint density at radius 3 is 3.00 bits per heavy atom. The van der Waals surface area contributed by atoms with Crippen LogP contribution in [0.2, 0.25) is 0 Å². The highest BCUT2D eigenvalue weighted by Gasteiger charge is 2.24. The van der Waals surface area contributed by atoms with E-state index >= 15 is 0 Å². The fraction of sp³-hybridized carbons (Fsp3) is 0.375. The zero-order chi connectivity index (χ0) is 14.8. The van der Waals surface area contributed by atoms with Crippen molar-refractivity contribution in [2.45, 2.75) is 31.8 Å². The molecule has 5 heteroatoms. The summed E-state index contributed by atoms with van der Waals surface area (Å²) in [7, 11) is 0. The predicted octanol–water partition coefficient (Wildman–Crippen LogP) is 1.66. The average Bonchev–Trinajstić information content (AvgIpc) is 2.49. The quantitative estimate of drug-likeness (QED) is 0.881. The molecule has 3 rings (SSSR count). The molecule has 2 atom stereocenters. The number of carbonyl (C=O) groups is 1. The van der Waals surface area contributed by atoms with Crippen molar-refractivity contribution in [2.24, 2.45) is 0 Å². The number of rotatable bonds is 2. The first-order chi connectivity index (χ1) is 10.1. The summed E-state index contributed by atoms with van der Waals surface area (Å²) >= 11 is 0. The molecule has 1 fully saturated rings. The molecule has 2 aromatic rings. The summed E-state index contributed by atoms with van der Waals surface area (Å²) in [5, 5.41) is 6.75. The van der Waals surface area contributed by atoms with Gasteiger partial charge in [-0.2, -0.15) is 0 Å². The van der Waals surface area contributed by atoms with Gasteiger partial charge in [0.05, 0.1) is 5.39 Å². The molecule has 0 radical (unpaired) electrons. The van der Waals surface area contributed by atoms with E-state index in [2.05, 4.69) is 10.6 Å². The molecule has 1 amide bonds. The van der Waals surface area contributed by atoms with Crippen molar-refractivity contribution in [3.63, 3.8) is 0 Å². The van der Waals surface area contributed by atoms with Crippen molar-refractivity contribution < 1.29 is 9.21 Å². The number of benzene rings is 1. The zero-order valence-electron chi connectivity index (χ0n) is 11.9. The first-order valence-corrected chi connectivity index (χ1v) is 7.22. The van der Waals surface area contributed by atoms with Gasteiger partial charge in [0.25, 0.3) is 5.91 Å². The lowest BCUT2D eigenvalue weighted by Gasteiger charge is -2.30. The Bertz CT molecular complexity index is 723. The van der Waals surface area contributed by atoms with Gasteiger partial charge in [-0.15, -0.1) is 0 Å². The van der Waals surface area contributed by atoms with Gasteiger partial charge in [0, 0.05) is 18.2 Å². The van der Waals surface area contributed by atoms with E-state index < -0.39 is 0 Å². The molecule has 0 aliphatic carbocycles. The molecular weight excluding hydrogens is 268 g/mol. The van der Waals surface area contributed by atoms with Gasteiger partial charge in [-0.3, -0.25) is 9.59 Å². The minimum atomic E-state index is -0.335. The summed E-state index contributed by atoms with van der Waals surface area (Å²) < 4.78 is 5.55. The molecular formula is C16H18N2O3. The van der Waals surface area contributed by atoms with Crippen LogP contribution in [0.5, 0.6) is 0 Å². The second-order valence-electron chi connectivity index (χ2n) is 5.44. The van der Waals surface area contributed by atoms with Crippen LogP contribution < -0.4 is 16.1 Å². The van der Waals surface area contributed by atoms with E-state index in [4.69, 9.17) is 4.42 Å². The first kappa shape index (κ1) is 13.8. The van der Waals surface area contributed by atoms with Crippen LogP contribution >= 0.6 is 0 Å². The van der Waals surface area contributed by atoms with E-state index in [1.165, 1.54) is 6.07 Å². The molecule has 1 aliphatic heterocycles. The number of nitrogens with one attached hydrogen (secondary N) is 2. The van der Waals surface area contributed by atoms with Crippen LogP contribution in [0.1, 0.15) is 30.3 Å². The van der Waals surface area contributed by atoms with E-state index in [1.54, 1.807) is 24.3 Å². The van der Waals surface area contributed by atoms with E-state index in [0.29, 0.717) is 11.0 Å². The summed E-state index contributed by atoms with van der Waals surface area (Å²) in [4.78, 5) is 24.3. The minimum absolute atomic E-state index is 0.0584. The molecule has 21 heavy (non-hydrogen) atoms. The summed E-state index contributed by atoms with van der Waals surface area (Å²) in [6.07, 6.45) is 1.95. The first-order valence-electron chi connectivity index (χ1n) is 7.22. The van der Waals surface area contributed by atoms with Gasteiger partial charge >= 0.3 is 0 Å². The fourth-order valence-electron chi connectivity index (χ4n) is 2.70. The van der Waals surface area contributed by atoms with Crippen LogP contribution in [-0.4, -0.2) is 24.5 Å². The second-order valence-corrected chi connectivity index (χ2v) is 5.44. The molecule has 0 spiro atoms. The molecule has 2 heterocycles. The van der Waals surface area contributed by atoms with Crippen molar-refractivity contribution in [1.29, 1.82) is 0 Å². The van der Waals surface area contributed by atoms with Crippen LogP contribution in [0.15, 0.2) is 39.5 Å². The maximum absolute atomic E-state index is 12.3. The van der Waals surface area contributed by atoms with E-state index in [1.807, 2.05) is 6.92 Å². The summed E-state index contributed by atoms with van der Waals surface area (Å²) in [5.41, 5.74) is 0.238. The Kier molecular flexibility index (Phi) is 3.75. The molecule has 0 saturated carbocycles. The average molecular weight is 286 g/mol. The Morgan fingerprint density at radius 2 is 2.19 bits per heavy atom. The number of carbonyl (C=O) groups excluding carboxylic acids is 1. The SMILES string of the molecule is CC1NCCCC1NC(=O)c1cc(=O)c2ccccc2o1. The fourth-order valence-corrected chi connectivity index (χ4v) is 2.70. The van der Waals surface area contributed by atoms with Crippen LogP contribution in [0.25, 0.3) is 11.0 Å². The molecule has 1 aromatic heterocycles. The molecule has 1 saturated heterocycles. The lowest BCUT2D eigenvalue weighted by molar-refractivity contribution is 0.0892. The summed E-state index contributed by atoms with van der Waals surface area (Å²) in [5.74, 6) is -0.269. The van der Waals surface area contributed by atoms with Gasteiger partial charge in [-0.05, 0) is 38.4 Å². The minimum Gasteiger partial charge on any atom is -0.451 e. The third-order valence-corrected chi connectivity index (χ3v) is 3.94. The van der Waals surface area contributed by atoms with Crippen molar-refractivity contribution in [3.05, 3.63) is 46.3 Å². The normalized spacial score (nSPS) is 22.1. The van der Waals surface area contributed by atoms with Crippen molar-refractivity contribution in [2.75, 3.05) is 6.54 Å². The van der Waals surface area contributed by atoms with E-state index in [0.717, 1.165) is 19.4 Å². The third-order valence-electron chi connectivity index (χ3n) is 3.94. The van der Waals surface area contributed by atoms with Gasteiger partial charge in [-0.25, -0.2) is 0 Å². The van der Waals surface area contributed by atoms with Gasteiger partial charge in [0.15, 0.2) is 11.2 Å². The number of amides is 1. The van der Waals surface area contributed by atoms with Crippen LogP contribution in [0.3, 0.4) is 0 Å². The highest BCUT2D eigenvalue weighted by molar-refractivity contribution is 5.93. The highest BCUT2D eigenvalue weighted by atomic mass is 16.3. The smallest absolute Gasteiger partial charge is 0.287 e. The third kappa shape index (κ3) is 2.83. The summed E-state index contributed by atoms with van der Waals surface area (Å²) in [6, 6.07) is 8.47. The number of hydrogen-bond acceptors (Lipinski definition) is 4. The standard InChI is InChI=1S/C16H18N2O3/c1-10-12(6-4-8-17-10)18-16(20)15-9-13(19)11-5-2-3-7-14(11)21-15/h2-3,5,7,9-10,12,17H,4,6,8H2,1H3,(H,18,20). The molecule has 1 aliphatic rings. The number of para-hydroxylation sites is 1. The van der Waals surface area contributed by atoms with Gasteiger partial charge < -0.3 is 15.1 Å². The molecule has 2 unspecified atom stereocenters. The maximum atomic E-state index is 12.3. The molecule has 0 bridgehead atoms. The zero-order valence-corrected chi connectivity index (χ0v) is 11.9. The summed E-state index contributed by atoms with van der Waals surface area (Å²) in [6.45, 7) is 3.01. The van der Waals surface area contributed by atoms with E-state index in [-0.39, 0.29) is 29.2 Å². The van der Waals surface area contributed by atoms with Crippen LogP contribution in [0, 0.1) is 0 Å². The topological polar surface area (TPSA) is 71.3 Å².